The lowest BCUT2D eigenvalue weighted by molar-refractivity contribution is 0.245. The van der Waals surface area contributed by atoms with E-state index < -0.39 is 0 Å². The standard InChI is InChI=1S/C17H26N2/c1-14-5-4-11-19(12-9-14)13-17-16-7-3-2-6-15(16)8-10-18-17/h2-3,6-7,14,17-18H,4-5,8-13H2,1H3. The van der Waals surface area contributed by atoms with Crippen molar-refractivity contribution in [2.75, 3.05) is 26.2 Å². The minimum atomic E-state index is 0.540. The topological polar surface area (TPSA) is 15.3 Å². The highest BCUT2D eigenvalue weighted by Gasteiger charge is 2.22. The molecule has 2 aliphatic heterocycles. The number of nitrogens with zero attached hydrogens (tertiary/aromatic N) is 1. The lowest BCUT2D eigenvalue weighted by atomic mass is 9.94. The molecular weight excluding hydrogens is 232 g/mol. The Hall–Kier alpha value is -0.860. The number of rotatable bonds is 2. The largest absolute Gasteiger partial charge is 0.309 e. The molecule has 1 fully saturated rings. The molecular formula is C17H26N2. The first-order valence-electron chi connectivity index (χ1n) is 7.86. The lowest BCUT2D eigenvalue weighted by Gasteiger charge is -2.31. The van der Waals surface area contributed by atoms with Crippen molar-refractivity contribution in [3.05, 3.63) is 35.4 Å². The van der Waals surface area contributed by atoms with E-state index in [0.29, 0.717) is 6.04 Å². The van der Waals surface area contributed by atoms with Gasteiger partial charge in [-0.2, -0.15) is 0 Å². The van der Waals surface area contributed by atoms with Gasteiger partial charge in [0.1, 0.15) is 0 Å². The Morgan fingerprint density at radius 1 is 1.21 bits per heavy atom. The molecule has 2 nitrogen and oxygen atoms in total. The Kier molecular flexibility index (Phi) is 4.19. The van der Waals surface area contributed by atoms with Gasteiger partial charge in [-0.05, 0) is 62.4 Å². The van der Waals surface area contributed by atoms with Crippen molar-refractivity contribution < 1.29 is 0 Å². The zero-order valence-electron chi connectivity index (χ0n) is 12.1. The van der Waals surface area contributed by atoms with Crippen LogP contribution in [0.4, 0.5) is 0 Å². The molecule has 0 amide bonds. The molecule has 2 atom stereocenters. The van der Waals surface area contributed by atoms with E-state index in [4.69, 9.17) is 0 Å². The summed E-state index contributed by atoms with van der Waals surface area (Å²) < 4.78 is 0. The van der Waals surface area contributed by atoms with Crippen LogP contribution in [0.15, 0.2) is 24.3 Å². The van der Waals surface area contributed by atoms with Crippen LogP contribution in [0.3, 0.4) is 0 Å². The van der Waals surface area contributed by atoms with Gasteiger partial charge in [-0.1, -0.05) is 31.2 Å². The van der Waals surface area contributed by atoms with Gasteiger partial charge in [-0.25, -0.2) is 0 Å². The molecule has 0 saturated carbocycles. The number of hydrogen-bond donors (Lipinski definition) is 1. The van der Waals surface area contributed by atoms with Gasteiger partial charge >= 0.3 is 0 Å². The summed E-state index contributed by atoms with van der Waals surface area (Å²) in [7, 11) is 0. The maximum Gasteiger partial charge on any atom is 0.0452 e. The van der Waals surface area contributed by atoms with Crippen molar-refractivity contribution in [3.8, 4) is 0 Å². The van der Waals surface area contributed by atoms with Crippen molar-refractivity contribution in [3.63, 3.8) is 0 Å². The molecule has 0 aliphatic carbocycles. The molecule has 1 saturated heterocycles. The molecule has 2 heterocycles. The van der Waals surface area contributed by atoms with Crippen molar-refractivity contribution in [1.29, 1.82) is 0 Å². The first-order chi connectivity index (χ1) is 9.33. The molecule has 0 spiro atoms. The second-order valence-electron chi connectivity index (χ2n) is 6.29. The van der Waals surface area contributed by atoms with Crippen molar-refractivity contribution in [1.82, 2.24) is 10.2 Å². The van der Waals surface area contributed by atoms with E-state index in [1.54, 1.807) is 5.56 Å². The van der Waals surface area contributed by atoms with Gasteiger partial charge in [-0.15, -0.1) is 0 Å². The van der Waals surface area contributed by atoms with Crippen LogP contribution in [0, 0.1) is 5.92 Å². The molecule has 0 radical (unpaired) electrons. The van der Waals surface area contributed by atoms with Crippen molar-refractivity contribution in [2.24, 2.45) is 5.92 Å². The Morgan fingerprint density at radius 3 is 3.05 bits per heavy atom. The second-order valence-corrected chi connectivity index (χ2v) is 6.29. The third kappa shape index (κ3) is 3.18. The minimum Gasteiger partial charge on any atom is -0.309 e. The fourth-order valence-electron chi connectivity index (χ4n) is 3.52. The smallest absolute Gasteiger partial charge is 0.0452 e. The monoisotopic (exact) mass is 258 g/mol. The Morgan fingerprint density at radius 2 is 2.11 bits per heavy atom. The summed E-state index contributed by atoms with van der Waals surface area (Å²) >= 11 is 0. The van der Waals surface area contributed by atoms with Crippen LogP contribution in [0.5, 0.6) is 0 Å². The van der Waals surface area contributed by atoms with Gasteiger partial charge in [0.05, 0.1) is 0 Å². The predicted molar refractivity (Wildman–Crippen MR) is 80.3 cm³/mol. The van der Waals surface area contributed by atoms with E-state index in [1.165, 1.54) is 50.9 Å². The third-order valence-electron chi connectivity index (χ3n) is 4.77. The number of fused-ring (bicyclic) bond motifs is 1. The average molecular weight is 258 g/mol. The Balaban J connectivity index is 1.67. The highest BCUT2D eigenvalue weighted by molar-refractivity contribution is 5.32. The highest BCUT2D eigenvalue weighted by atomic mass is 15.1. The quantitative estimate of drug-likeness (QED) is 0.877. The van der Waals surface area contributed by atoms with E-state index in [2.05, 4.69) is 41.4 Å². The molecule has 19 heavy (non-hydrogen) atoms. The zero-order chi connectivity index (χ0) is 13.1. The molecule has 0 aromatic heterocycles. The van der Waals surface area contributed by atoms with Gasteiger partial charge in [0, 0.05) is 12.6 Å². The van der Waals surface area contributed by atoms with Gasteiger partial charge in [0.2, 0.25) is 0 Å². The van der Waals surface area contributed by atoms with E-state index >= 15 is 0 Å². The average Bonchev–Trinajstić information content (AvgIpc) is 2.64. The highest BCUT2D eigenvalue weighted by Crippen LogP contribution is 2.25. The Bertz CT molecular complexity index is 415. The van der Waals surface area contributed by atoms with E-state index in [1.807, 2.05) is 0 Å². The second kappa shape index (κ2) is 6.06. The van der Waals surface area contributed by atoms with Gasteiger partial charge in [-0.3, -0.25) is 0 Å². The van der Waals surface area contributed by atoms with E-state index in [0.717, 1.165) is 12.5 Å². The predicted octanol–water partition coefficient (Wildman–Crippen LogP) is 3.00. The van der Waals surface area contributed by atoms with Crippen LogP contribution in [0.2, 0.25) is 0 Å². The molecule has 1 aromatic rings. The molecule has 2 unspecified atom stereocenters. The number of benzene rings is 1. The van der Waals surface area contributed by atoms with Gasteiger partial charge in [0.25, 0.3) is 0 Å². The number of hydrogen-bond acceptors (Lipinski definition) is 2. The minimum absolute atomic E-state index is 0.540. The molecule has 104 valence electrons. The zero-order valence-corrected chi connectivity index (χ0v) is 12.1. The summed E-state index contributed by atoms with van der Waals surface area (Å²) in [6, 6.07) is 9.51. The fourth-order valence-corrected chi connectivity index (χ4v) is 3.52. The van der Waals surface area contributed by atoms with Gasteiger partial charge < -0.3 is 10.2 Å². The van der Waals surface area contributed by atoms with E-state index in [-0.39, 0.29) is 0 Å². The maximum atomic E-state index is 3.71. The lowest BCUT2D eigenvalue weighted by Crippen LogP contribution is -2.39. The molecule has 3 rings (SSSR count). The molecule has 1 N–H and O–H groups in total. The molecule has 2 heteroatoms. The first kappa shape index (κ1) is 13.1. The summed E-state index contributed by atoms with van der Waals surface area (Å²) in [4.78, 5) is 2.67. The Labute approximate surface area is 117 Å². The van der Waals surface area contributed by atoms with E-state index in [9.17, 15) is 0 Å². The van der Waals surface area contributed by atoms with Crippen LogP contribution in [-0.2, 0) is 6.42 Å². The van der Waals surface area contributed by atoms with Gasteiger partial charge in [0.15, 0.2) is 0 Å². The van der Waals surface area contributed by atoms with Crippen LogP contribution in [-0.4, -0.2) is 31.1 Å². The van der Waals surface area contributed by atoms with Crippen LogP contribution >= 0.6 is 0 Å². The molecule has 1 aromatic carbocycles. The fraction of sp³-hybridized carbons (Fsp3) is 0.647. The normalized spacial score (nSPS) is 28.7. The summed E-state index contributed by atoms with van der Waals surface area (Å²) in [6.45, 7) is 7.28. The summed E-state index contributed by atoms with van der Waals surface area (Å²) in [5.41, 5.74) is 3.08. The van der Waals surface area contributed by atoms with Crippen molar-refractivity contribution in [2.45, 2.75) is 38.6 Å². The number of nitrogens with one attached hydrogen (secondary N) is 1. The molecule has 2 aliphatic rings. The first-order valence-corrected chi connectivity index (χ1v) is 7.86. The summed E-state index contributed by atoms with van der Waals surface area (Å²) in [6.07, 6.45) is 5.33. The van der Waals surface area contributed by atoms with Crippen LogP contribution in [0.25, 0.3) is 0 Å². The van der Waals surface area contributed by atoms with Crippen molar-refractivity contribution >= 4 is 0 Å². The van der Waals surface area contributed by atoms with Crippen LogP contribution < -0.4 is 5.32 Å². The third-order valence-corrected chi connectivity index (χ3v) is 4.77. The van der Waals surface area contributed by atoms with Crippen LogP contribution in [0.1, 0.15) is 43.4 Å². The maximum absolute atomic E-state index is 3.71. The molecule has 0 bridgehead atoms. The number of likely N-dealkylation sites (tertiary alicyclic amines) is 1. The summed E-state index contributed by atoms with van der Waals surface area (Å²) in [5.74, 6) is 0.914. The SMILES string of the molecule is CC1CCCN(CC2NCCc3ccccc32)CC1. The summed E-state index contributed by atoms with van der Waals surface area (Å²) in [5, 5.41) is 3.71.